The molecule has 59 heavy (non-hydrogen) atoms. The number of furan rings is 1. The molecule has 1 aliphatic rings. The molecule has 3 nitrogen and oxygen atoms in total. The van der Waals surface area contributed by atoms with Gasteiger partial charge in [-0.25, -0.2) is 0 Å². The maximum Gasteiger partial charge on any atom is 0.137 e. The maximum atomic E-state index is 6.50. The zero-order valence-electron chi connectivity index (χ0n) is 32.5. The quantitative estimate of drug-likeness (QED) is 0.169. The molecule has 278 valence electrons. The summed E-state index contributed by atoms with van der Waals surface area (Å²) in [5.74, 6) is 0. The zero-order valence-corrected chi connectivity index (χ0v) is 32.5. The molecule has 3 heteroatoms. The van der Waals surface area contributed by atoms with Crippen molar-refractivity contribution in [2.24, 2.45) is 0 Å². The first-order valence-electron chi connectivity index (χ1n) is 20.3. The van der Waals surface area contributed by atoms with Crippen LogP contribution in [-0.2, 0) is 5.41 Å². The largest absolute Gasteiger partial charge is 0.456 e. The molecule has 2 aromatic heterocycles. The van der Waals surface area contributed by atoms with Crippen molar-refractivity contribution in [1.82, 2.24) is 4.57 Å². The first-order chi connectivity index (χ1) is 29.1. The summed E-state index contributed by atoms with van der Waals surface area (Å²) in [4.78, 5) is 2.41. The van der Waals surface area contributed by atoms with Crippen molar-refractivity contribution in [3.05, 3.63) is 229 Å². The Bertz CT molecular complexity index is 3360. The van der Waals surface area contributed by atoms with E-state index in [9.17, 15) is 0 Å². The Kier molecular flexibility index (Phi) is 7.36. The zero-order chi connectivity index (χ0) is 39.1. The second-order valence-corrected chi connectivity index (χ2v) is 15.8. The van der Waals surface area contributed by atoms with Crippen molar-refractivity contribution >= 4 is 60.8 Å². The van der Waals surface area contributed by atoms with Crippen molar-refractivity contribution < 1.29 is 4.42 Å². The summed E-state index contributed by atoms with van der Waals surface area (Å²) in [6, 6.07) is 77.0. The average molecular weight is 755 g/mol. The molecule has 1 aliphatic carbocycles. The van der Waals surface area contributed by atoms with Crippen molar-refractivity contribution in [3.63, 3.8) is 0 Å². The van der Waals surface area contributed by atoms with Gasteiger partial charge in [0.05, 0.1) is 16.7 Å². The molecule has 12 rings (SSSR count). The summed E-state index contributed by atoms with van der Waals surface area (Å²) in [7, 11) is 0. The fraction of sp³-hybridized carbons (Fsp3) is 0.0357. The number of anilines is 3. The molecule has 0 fully saturated rings. The van der Waals surface area contributed by atoms with Crippen LogP contribution >= 0.6 is 0 Å². The highest BCUT2D eigenvalue weighted by Gasteiger charge is 2.42. The highest BCUT2D eigenvalue weighted by molar-refractivity contribution is 6.10. The number of benzene rings is 9. The molecule has 2 heterocycles. The van der Waals surface area contributed by atoms with Crippen molar-refractivity contribution in [1.29, 1.82) is 0 Å². The van der Waals surface area contributed by atoms with Gasteiger partial charge in [-0.3, -0.25) is 0 Å². The number of aromatic nitrogens is 1. The average Bonchev–Trinajstić information content (AvgIpc) is 3.93. The Hall–Kier alpha value is -7.62. The molecule has 0 spiro atoms. The molecule has 0 amide bonds. The maximum absolute atomic E-state index is 6.50. The fourth-order valence-corrected chi connectivity index (χ4v) is 9.93. The third-order valence-electron chi connectivity index (χ3n) is 12.7. The SMILES string of the molecule is CC1(c2ccccc2N(c2ccc(-c3ccc4c(c3)c3ccccc3n4-c3ccccc3)cc2)c2ccc3c(c2)oc2ccccc23)c2ccccc2-c2ccccc21. The minimum atomic E-state index is -0.389. The van der Waals surface area contributed by atoms with Crippen LogP contribution in [0.4, 0.5) is 17.1 Å². The van der Waals surface area contributed by atoms with Crippen LogP contribution in [0.25, 0.3) is 71.7 Å². The highest BCUT2D eigenvalue weighted by Crippen LogP contribution is 2.55. The Labute approximate surface area is 342 Å². The molecular weight excluding hydrogens is 717 g/mol. The van der Waals surface area contributed by atoms with Crippen LogP contribution in [0.5, 0.6) is 0 Å². The topological polar surface area (TPSA) is 21.3 Å². The summed E-state index contributed by atoms with van der Waals surface area (Å²) >= 11 is 0. The lowest BCUT2D eigenvalue weighted by molar-refractivity contribution is 0.669. The van der Waals surface area contributed by atoms with Crippen LogP contribution in [0.1, 0.15) is 23.6 Å². The van der Waals surface area contributed by atoms with Crippen molar-refractivity contribution in [2.75, 3.05) is 4.90 Å². The van der Waals surface area contributed by atoms with Gasteiger partial charge in [0.25, 0.3) is 0 Å². The molecule has 9 aromatic carbocycles. The molecule has 0 atom stereocenters. The minimum absolute atomic E-state index is 0.389. The van der Waals surface area contributed by atoms with Crippen LogP contribution < -0.4 is 4.90 Å². The molecule has 0 saturated carbocycles. The molecule has 0 saturated heterocycles. The Morgan fingerprint density at radius 3 is 1.76 bits per heavy atom. The molecule has 0 aliphatic heterocycles. The molecule has 0 N–H and O–H groups in total. The molecule has 11 aromatic rings. The lowest BCUT2D eigenvalue weighted by atomic mass is 9.73. The summed E-state index contributed by atoms with van der Waals surface area (Å²) in [6.07, 6.45) is 0. The van der Waals surface area contributed by atoms with E-state index in [1.54, 1.807) is 0 Å². The van der Waals surface area contributed by atoms with Crippen LogP contribution in [0.15, 0.2) is 217 Å². The van der Waals surface area contributed by atoms with E-state index in [0.29, 0.717) is 0 Å². The van der Waals surface area contributed by atoms with Gasteiger partial charge in [0.2, 0.25) is 0 Å². The normalized spacial score (nSPS) is 13.0. The molecule has 0 unspecified atom stereocenters. The monoisotopic (exact) mass is 754 g/mol. The highest BCUT2D eigenvalue weighted by atomic mass is 16.3. The second-order valence-electron chi connectivity index (χ2n) is 15.8. The molecule has 0 radical (unpaired) electrons. The fourth-order valence-electron chi connectivity index (χ4n) is 9.93. The van der Waals surface area contributed by atoms with Crippen LogP contribution in [0, 0.1) is 0 Å². The summed E-state index contributed by atoms with van der Waals surface area (Å²) < 4.78 is 8.87. The summed E-state index contributed by atoms with van der Waals surface area (Å²) in [5, 5.41) is 4.73. The first kappa shape index (κ1) is 33.5. The number of rotatable bonds is 6. The smallest absolute Gasteiger partial charge is 0.137 e. The Morgan fingerprint density at radius 2 is 0.983 bits per heavy atom. The predicted molar refractivity (Wildman–Crippen MR) is 246 cm³/mol. The van der Waals surface area contributed by atoms with E-state index in [2.05, 4.69) is 217 Å². The second kappa shape index (κ2) is 13.0. The lowest BCUT2D eigenvalue weighted by Gasteiger charge is -2.35. The lowest BCUT2D eigenvalue weighted by Crippen LogP contribution is -2.25. The van der Waals surface area contributed by atoms with Gasteiger partial charge < -0.3 is 13.9 Å². The van der Waals surface area contributed by atoms with Crippen LogP contribution in [0.2, 0.25) is 0 Å². The van der Waals surface area contributed by atoms with E-state index in [1.165, 1.54) is 60.8 Å². The molecular formula is C56H38N2O. The van der Waals surface area contributed by atoms with Gasteiger partial charge in [0.15, 0.2) is 0 Å². The first-order valence-corrected chi connectivity index (χ1v) is 20.3. The third kappa shape index (κ3) is 5.01. The van der Waals surface area contributed by atoms with E-state index in [4.69, 9.17) is 4.42 Å². The van der Waals surface area contributed by atoms with Gasteiger partial charge in [-0.2, -0.15) is 0 Å². The number of para-hydroxylation sites is 4. The van der Waals surface area contributed by atoms with Gasteiger partial charge >= 0.3 is 0 Å². The van der Waals surface area contributed by atoms with Gasteiger partial charge in [-0.1, -0.05) is 140 Å². The van der Waals surface area contributed by atoms with E-state index in [0.717, 1.165) is 44.7 Å². The number of hydrogen-bond acceptors (Lipinski definition) is 2. The van der Waals surface area contributed by atoms with Gasteiger partial charge in [-0.15, -0.1) is 0 Å². The number of fused-ring (bicyclic) bond motifs is 9. The minimum Gasteiger partial charge on any atom is -0.456 e. The standard InChI is InChI=1S/C56H38N2O/c1-56(48-21-9-5-17-42(48)43-18-6-10-22-49(43)56)50-23-11-13-25-53(50)57(41-32-33-46-45-20-8-14-26-54(45)59-55(46)36-41)40-30-27-37(28-31-40)38-29-34-52-47(35-38)44-19-7-12-24-51(44)58(52)39-15-3-2-4-16-39/h2-36H,1H3. The van der Waals surface area contributed by atoms with Crippen molar-refractivity contribution in [3.8, 4) is 27.9 Å². The van der Waals surface area contributed by atoms with E-state index in [1.807, 2.05) is 12.1 Å². The van der Waals surface area contributed by atoms with Crippen LogP contribution in [0.3, 0.4) is 0 Å². The van der Waals surface area contributed by atoms with Gasteiger partial charge in [0.1, 0.15) is 11.2 Å². The molecule has 0 bridgehead atoms. The number of hydrogen-bond donors (Lipinski definition) is 0. The Morgan fingerprint density at radius 1 is 0.407 bits per heavy atom. The summed E-state index contributed by atoms with van der Waals surface area (Å²) in [6.45, 7) is 2.39. The van der Waals surface area contributed by atoms with Crippen molar-refractivity contribution in [2.45, 2.75) is 12.3 Å². The third-order valence-corrected chi connectivity index (χ3v) is 12.7. The Balaban J connectivity index is 1.03. The van der Waals surface area contributed by atoms with Crippen LogP contribution in [-0.4, -0.2) is 4.57 Å². The van der Waals surface area contributed by atoms with E-state index < -0.39 is 0 Å². The van der Waals surface area contributed by atoms with E-state index >= 15 is 0 Å². The number of nitrogens with zero attached hydrogens (tertiary/aromatic N) is 2. The van der Waals surface area contributed by atoms with Gasteiger partial charge in [0, 0.05) is 50.1 Å². The summed E-state index contributed by atoms with van der Waals surface area (Å²) in [5.41, 5.74) is 17.0. The van der Waals surface area contributed by atoms with Gasteiger partial charge in [-0.05, 0) is 113 Å². The predicted octanol–water partition coefficient (Wildman–Crippen LogP) is 15.2. The van der Waals surface area contributed by atoms with E-state index in [-0.39, 0.29) is 5.41 Å².